The van der Waals surface area contributed by atoms with Crippen molar-refractivity contribution in [3.63, 3.8) is 0 Å². The zero-order chi connectivity index (χ0) is 19.0. The fourth-order valence-corrected chi connectivity index (χ4v) is 2.42. The highest BCUT2D eigenvalue weighted by Gasteiger charge is 2.44. The molecule has 7 unspecified atom stereocenters. The zero-order valence-corrected chi connectivity index (χ0v) is 14.1. The lowest BCUT2D eigenvalue weighted by Crippen LogP contribution is -2.59. The first kappa shape index (κ1) is 22.0. The van der Waals surface area contributed by atoms with E-state index in [9.17, 15) is 30.3 Å². The number of carboxylic acid groups (broad SMARTS) is 1. The van der Waals surface area contributed by atoms with E-state index in [1.54, 1.807) is 19.1 Å². The van der Waals surface area contributed by atoms with Crippen LogP contribution in [0, 0.1) is 0 Å². The number of hydrogen-bond donors (Lipinski definition) is 6. The average molecular weight is 364 g/mol. The van der Waals surface area contributed by atoms with Gasteiger partial charge in [-0.15, -0.1) is 0 Å². The quantitative estimate of drug-likeness (QED) is 0.261. The van der Waals surface area contributed by atoms with Crippen molar-refractivity contribution in [1.29, 1.82) is 0 Å². The van der Waals surface area contributed by atoms with Crippen molar-refractivity contribution < 1.29 is 44.9 Å². The van der Waals surface area contributed by atoms with Crippen molar-refractivity contribution in [3.8, 4) is 0 Å². The molecule has 0 amide bonds. The third-order valence-electron chi connectivity index (χ3n) is 3.90. The number of aliphatic hydroxyl groups excluding tert-OH is 5. The molecule has 1 rings (SSSR count). The van der Waals surface area contributed by atoms with Gasteiger partial charge in [-0.25, -0.2) is 0 Å². The molecule has 0 aromatic carbocycles. The smallest absolute Gasteiger partial charge is 0.303 e. The Hall–Kier alpha value is -1.07. The molecule has 1 aliphatic rings. The SMILES string of the molecule is CC(O)CCC(/C=C/CCC(=O)O)OC1OC(CO)C(O)C(O)C1O. The summed E-state index contributed by atoms with van der Waals surface area (Å²) in [6.45, 7) is 1.05. The fraction of sp³-hybridized carbons (Fsp3) is 0.812. The van der Waals surface area contributed by atoms with Crippen LogP contribution in [0.25, 0.3) is 0 Å². The van der Waals surface area contributed by atoms with E-state index >= 15 is 0 Å². The van der Waals surface area contributed by atoms with Gasteiger partial charge in [-0.05, 0) is 26.2 Å². The number of aliphatic hydroxyl groups is 5. The molecule has 0 bridgehead atoms. The van der Waals surface area contributed by atoms with Gasteiger partial charge >= 0.3 is 5.97 Å². The molecule has 1 fully saturated rings. The number of allylic oxidation sites excluding steroid dienone is 1. The molecule has 9 nitrogen and oxygen atoms in total. The van der Waals surface area contributed by atoms with Crippen LogP contribution < -0.4 is 0 Å². The van der Waals surface area contributed by atoms with Crippen LogP contribution in [0.15, 0.2) is 12.2 Å². The molecule has 0 aromatic rings. The van der Waals surface area contributed by atoms with Gasteiger partial charge < -0.3 is 40.1 Å². The topological polar surface area (TPSA) is 157 Å². The molecule has 9 heteroatoms. The molecule has 25 heavy (non-hydrogen) atoms. The Morgan fingerprint density at radius 1 is 1.20 bits per heavy atom. The van der Waals surface area contributed by atoms with Crippen LogP contribution in [0.2, 0.25) is 0 Å². The minimum absolute atomic E-state index is 0.0420. The van der Waals surface area contributed by atoms with Crippen LogP contribution >= 0.6 is 0 Å². The molecule has 1 heterocycles. The number of aliphatic carboxylic acids is 1. The van der Waals surface area contributed by atoms with E-state index in [0.29, 0.717) is 19.3 Å². The molecule has 0 saturated carbocycles. The maximum Gasteiger partial charge on any atom is 0.303 e. The predicted octanol–water partition coefficient (Wildman–Crippen LogP) is -1.25. The highest BCUT2D eigenvalue weighted by Crippen LogP contribution is 2.24. The van der Waals surface area contributed by atoms with Crippen LogP contribution in [0.4, 0.5) is 0 Å². The van der Waals surface area contributed by atoms with E-state index in [-0.39, 0.29) is 6.42 Å². The summed E-state index contributed by atoms with van der Waals surface area (Å²) in [5, 5.41) is 56.8. The first-order chi connectivity index (χ1) is 11.8. The van der Waals surface area contributed by atoms with Crippen LogP contribution in [0.1, 0.15) is 32.6 Å². The molecular formula is C16H28O9. The van der Waals surface area contributed by atoms with E-state index in [4.69, 9.17) is 14.6 Å². The molecule has 0 spiro atoms. The minimum atomic E-state index is -1.54. The van der Waals surface area contributed by atoms with Gasteiger partial charge in [0, 0.05) is 6.42 Å². The second-order valence-electron chi connectivity index (χ2n) is 6.16. The van der Waals surface area contributed by atoms with Gasteiger partial charge in [-0.2, -0.15) is 0 Å². The summed E-state index contributed by atoms with van der Waals surface area (Å²) in [6.07, 6.45) is -3.82. The Labute approximate surface area is 146 Å². The van der Waals surface area contributed by atoms with Crippen molar-refractivity contribution in [2.45, 2.75) is 75.5 Å². The summed E-state index contributed by atoms with van der Waals surface area (Å²) in [4.78, 5) is 10.5. The maximum atomic E-state index is 10.5. The molecule has 6 N–H and O–H groups in total. The standard InChI is InChI=1S/C16H28O9/c1-9(18)6-7-10(4-2-3-5-12(19)20)24-16-15(23)14(22)13(21)11(8-17)25-16/h2,4,9-11,13-18,21-23H,3,5-8H2,1H3,(H,19,20)/b4-2+. The first-order valence-corrected chi connectivity index (χ1v) is 8.28. The van der Waals surface area contributed by atoms with E-state index in [1.807, 2.05) is 0 Å². The molecule has 0 radical (unpaired) electrons. The fourth-order valence-electron chi connectivity index (χ4n) is 2.42. The molecule has 1 aliphatic heterocycles. The van der Waals surface area contributed by atoms with Gasteiger partial charge in [0.2, 0.25) is 0 Å². The molecule has 1 saturated heterocycles. The van der Waals surface area contributed by atoms with Crippen molar-refractivity contribution in [1.82, 2.24) is 0 Å². The summed E-state index contributed by atoms with van der Waals surface area (Å²) in [6, 6.07) is 0. The van der Waals surface area contributed by atoms with Gasteiger partial charge in [-0.3, -0.25) is 4.79 Å². The second-order valence-corrected chi connectivity index (χ2v) is 6.16. The highest BCUT2D eigenvalue weighted by molar-refractivity contribution is 5.66. The van der Waals surface area contributed by atoms with Crippen LogP contribution in [-0.4, -0.2) is 86.1 Å². The van der Waals surface area contributed by atoms with E-state index in [0.717, 1.165) is 0 Å². The Bertz CT molecular complexity index is 424. The Kier molecular flexibility index (Phi) is 9.51. The summed E-state index contributed by atoms with van der Waals surface area (Å²) < 4.78 is 10.9. The van der Waals surface area contributed by atoms with Crippen LogP contribution in [0.5, 0.6) is 0 Å². The van der Waals surface area contributed by atoms with Crippen LogP contribution in [-0.2, 0) is 14.3 Å². The van der Waals surface area contributed by atoms with Gasteiger partial charge in [0.1, 0.15) is 24.4 Å². The summed E-state index contributed by atoms with van der Waals surface area (Å²) in [5.74, 6) is -0.931. The van der Waals surface area contributed by atoms with Gasteiger partial charge in [0.05, 0.1) is 18.8 Å². The number of carbonyl (C=O) groups is 1. The molecule has 7 atom stereocenters. The van der Waals surface area contributed by atoms with Gasteiger partial charge in [0.25, 0.3) is 0 Å². The first-order valence-electron chi connectivity index (χ1n) is 8.28. The van der Waals surface area contributed by atoms with Crippen LogP contribution in [0.3, 0.4) is 0 Å². The Morgan fingerprint density at radius 3 is 2.44 bits per heavy atom. The summed E-state index contributed by atoms with van der Waals surface area (Å²) in [5.41, 5.74) is 0. The monoisotopic (exact) mass is 364 g/mol. The normalized spacial score (nSPS) is 32.6. The number of hydrogen-bond acceptors (Lipinski definition) is 8. The van der Waals surface area contributed by atoms with Crippen molar-refractivity contribution >= 4 is 5.97 Å². The minimum Gasteiger partial charge on any atom is -0.481 e. The lowest BCUT2D eigenvalue weighted by Gasteiger charge is -2.40. The lowest BCUT2D eigenvalue weighted by molar-refractivity contribution is -0.308. The van der Waals surface area contributed by atoms with Crippen molar-refractivity contribution in [2.24, 2.45) is 0 Å². The summed E-state index contributed by atoms with van der Waals surface area (Å²) in [7, 11) is 0. The predicted molar refractivity (Wildman–Crippen MR) is 85.6 cm³/mol. The molecule has 0 aromatic heterocycles. The number of rotatable bonds is 10. The second kappa shape index (κ2) is 10.8. The van der Waals surface area contributed by atoms with Crippen molar-refractivity contribution in [2.75, 3.05) is 6.61 Å². The van der Waals surface area contributed by atoms with E-state index in [1.165, 1.54) is 0 Å². The Balaban J connectivity index is 2.71. The zero-order valence-electron chi connectivity index (χ0n) is 14.1. The molecular weight excluding hydrogens is 336 g/mol. The largest absolute Gasteiger partial charge is 0.481 e. The lowest BCUT2D eigenvalue weighted by atomic mass is 9.99. The summed E-state index contributed by atoms with van der Waals surface area (Å²) >= 11 is 0. The maximum absolute atomic E-state index is 10.5. The van der Waals surface area contributed by atoms with E-state index in [2.05, 4.69) is 0 Å². The molecule has 146 valence electrons. The molecule has 0 aliphatic carbocycles. The van der Waals surface area contributed by atoms with E-state index < -0.39 is 55.5 Å². The number of ether oxygens (including phenoxy) is 2. The van der Waals surface area contributed by atoms with Gasteiger partial charge in [0.15, 0.2) is 6.29 Å². The van der Waals surface area contributed by atoms with Gasteiger partial charge in [-0.1, -0.05) is 12.2 Å². The highest BCUT2D eigenvalue weighted by atomic mass is 16.7. The number of carboxylic acids is 1. The van der Waals surface area contributed by atoms with Crippen molar-refractivity contribution in [3.05, 3.63) is 12.2 Å². The third-order valence-corrected chi connectivity index (χ3v) is 3.90. The average Bonchev–Trinajstić information content (AvgIpc) is 2.56. The third kappa shape index (κ3) is 7.37. The Morgan fingerprint density at radius 2 is 1.88 bits per heavy atom.